The molecule has 3 atom stereocenters. The Bertz CT molecular complexity index is 1460. The van der Waals surface area contributed by atoms with Gasteiger partial charge in [0, 0.05) is 36.8 Å². The molecular weight excluding hydrogens is 476 g/mol. The number of nitrogens with zero attached hydrogens (tertiary/aromatic N) is 5. The molecular formula is C30H34N6O2. The van der Waals surface area contributed by atoms with E-state index in [0.29, 0.717) is 6.54 Å². The Balaban J connectivity index is 1.27. The normalized spacial score (nSPS) is 19.7. The first kappa shape index (κ1) is 24.3. The van der Waals surface area contributed by atoms with Gasteiger partial charge in [-0.3, -0.25) is 0 Å². The number of anilines is 2. The fourth-order valence-corrected chi connectivity index (χ4v) is 5.61. The van der Waals surface area contributed by atoms with Gasteiger partial charge < -0.3 is 19.9 Å². The smallest absolute Gasteiger partial charge is 0.410 e. The second-order valence-corrected chi connectivity index (χ2v) is 11.3. The van der Waals surface area contributed by atoms with Gasteiger partial charge in [0.2, 0.25) is 0 Å². The standard InChI is InChI=1S/C30H34N6O2/c1-20(21-10-6-5-7-11-21)32-27-17-22(14-15-31-27)36-26-13-9-8-12-25(26)28(33-36)34-18-24-16-23(34)19-35(24)29(37)38-30(2,3)4/h5-15,17,20,23-24H,16,18-19H2,1-4H3,(H,31,32)/t20-,23-,24-/m0/s1. The van der Waals surface area contributed by atoms with Crippen molar-refractivity contribution in [1.82, 2.24) is 19.7 Å². The number of amides is 1. The number of aromatic nitrogens is 3. The SMILES string of the molecule is C[C@H](Nc1cc(-n2nc(N3C[C@@H]4C[C@H]3CN4C(=O)OC(C)(C)C)c3ccccc32)ccn1)c1ccccc1. The van der Waals surface area contributed by atoms with Crippen LogP contribution < -0.4 is 10.2 Å². The van der Waals surface area contributed by atoms with Crippen LogP contribution in [0.25, 0.3) is 16.6 Å². The lowest BCUT2D eigenvalue weighted by molar-refractivity contribution is 0.0214. The molecule has 2 saturated heterocycles. The maximum absolute atomic E-state index is 12.7. The van der Waals surface area contributed by atoms with Crippen molar-refractivity contribution in [1.29, 1.82) is 0 Å². The summed E-state index contributed by atoms with van der Waals surface area (Å²) >= 11 is 0. The van der Waals surface area contributed by atoms with E-state index < -0.39 is 5.60 Å². The molecule has 2 aromatic carbocycles. The minimum Gasteiger partial charge on any atom is -0.444 e. The molecule has 0 aliphatic carbocycles. The van der Waals surface area contributed by atoms with E-state index in [4.69, 9.17) is 9.84 Å². The Morgan fingerprint density at radius 3 is 2.53 bits per heavy atom. The summed E-state index contributed by atoms with van der Waals surface area (Å²) in [4.78, 5) is 21.6. The summed E-state index contributed by atoms with van der Waals surface area (Å²) in [6.45, 7) is 9.27. The van der Waals surface area contributed by atoms with Gasteiger partial charge in [-0.1, -0.05) is 42.5 Å². The van der Waals surface area contributed by atoms with E-state index in [1.54, 1.807) is 0 Å². The van der Waals surface area contributed by atoms with Crippen LogP contribution in [0.2, 0.25) is 0 Å². The zero-order valence-electron chi connectivity index (χ0n) is 22.3. The minimum atomic E-state index is -0.495. The van der Waals surface area contributed by atoms with Crippen molar-refractivity contribution in [2.45, 2.75) is 57.8 Å². The van der Waals surface area contributed by atoms with E-state index in [9.17, 15) is 4.79 Å². The molecule has 2 aliphatic rings. The van der Waals surface area contributed by atoms with Gasteiger partial charge in [-0.05, 0) is 57.9 Å². The molecule has 2 aromatic heterocycles. The van der Waals surface area contributed by atoms with Crippen LogP contribution >= 0.6 is 0 Å². The van der Waals surface area contributed by atoms with E-state index in [1.807, 2.05) is 72.9 Å². The number of fused-ring (bicyclic) bond motifs is 3. The number of hydrogen-bond donors (Lipinski definition) is 1. The number of ether oxygens (including phenoxy) is 1. The highest BCUT2D eigenvalue weighted by Gasteiger charge is 2.47. The van der Waals surface area contributed by atoms with Gasteiger partial charge in [-0.15, -0.1) is 5.10 Å². The topological polar surface area (TPSA) is 75.5 Å². The molecule has 2 fully saturated rings. The van der Waals surface area contributed by atoms with Crippen molar-refractivity contribution in [2.24, 2.45) is 0 Å². The minimum absolute atomic E-state index is 0.122. The van der Waals surface area contributed by atoms with Crippen LogP contribution in [0.5, 0.6) is 0 Å². The van der Waals surface area contributed by atoms with Gasteiger partial charge >= 0.3 is 6.09 Å². The van der Waals surface area contributed by atoms with Crippen molar-refractivity contribution in [3.05, 3.63) is 78.5 Å². The highest BCUT2D eigenvalue weighted by atomic mass is 16.6. The first-order chi connectivity index (χ1) is 18.3. The quantitative estimate of drug-likeness (QED) is 0.366. The average Bonchev–Trinajstić information content (AvgIpc) is 3.61. The number of para-hydroxylation sites is 1. The first-order valence-electron chi connectivity index (χ1n) is 13.3. The number of nitrogens with one attached hydrogen (secondary N) is 1. The molecule has 0 radical (unpaired) electrons. The van der Waals surface area contributed by atoms with E-state index >= 15 is 0 Å². The fourth-order valence-electron chi connectivity index (χ4n) is 5.61. The van der Waals surface area contributed by atoms with Crippen LogP contribution in [-0.2, 0) is 4.74 Å². The molecule has 2 bridgehead atoms. The van der Waals surface area contributed by atoms with Gasteiger partial charge in [0.05, 0.1) is 23.3 Å². The maximum atomic E-state index is 12.7. The molecule has 6 rings (SSSR count). The van der Waals surface area contributed by atoms with Gasteiger partial charge in [0.15, 0.2) is 5.82 Å². The molecule has 8 nitrogen and oxygen atoms in total. The van der Waals surface area contributed by atoms with E-state index in [0.717, 1.165) is 41.2 Å². The molecule has 0 spiro atoms. The number of hydrogen-bond acceptors (Lipinski definition) is 6. The van der Waals surface area contributed by atoms with Crippen LogP contribution in [-0.4, -0.2) is 56.5 Å². The number of likely N-dealkylation sites (tertiary alicyclic amines) is 1. The molecule has 0 saturated carbocycles. The number of pyridine rings is 1. The van der Waals surface area contributed by atoms with Gasteiger partial charge in [0.25, 0.3) is 0 Å². The lowest BCUT2D eigenvalue weighted by Crippen LogP contribution is -2.50. The summed E-state index contributed by atoms with van der Waals surface area (Å²) in [6.07, 6.45) is 2.53. The predicted molar refractivity (Wildman–Crippen MR) is 150 cm³/mol. The molecule has 1 N–H and O–H groups in total. The van der Waals surface area contributed by atoms with E-state index in [1.165, 1.54) is 5.56 Å². The summed E-state index contributed by atoms with van der Waals surface area (Å²) in [5.41, 5.74) is 2.70. The van der Waals surface area contributed by atoms with Crippen LogP contribution in [0.3, 0.4) is 0 Å². The Morgan fingerprint density at radius 2 is 1.79 bits per heavy atom. The molecule has 38 heavy (non-hydrogen) atoms. The van der Waals surface area contributed by atoms with Crippen molar-refractivity contribution >= 4 is 28.6 Å². The predicted octanol–water partition coefficient (Wildman–Crippen LogP) is 5.79. The summed E-state index contributed by atoms with van der Waals surface area (Å²) in [5, 5.41) is 9.74. The van der Waals surface area contributed by atoms with Crippen molar-refractivity contribution < 1.29 is 9.53 Å². The number of carbonyl (C=O) groups is 1. The fraction of sp³-hybridized carbons (Fsp3) is 0.367. The average molecular weight is 511 g/mol. The van der Waals surface area contributed by atoms with Gasteiger partial charge in [0.1, 0.15) is 11.4 Å². The Morgan fingerprint density at radius 1 is 1.03 bits per heavy atom. The Kier molecular flexibility index (Phi) is 5.97. The van der Waals surface area contributed by atoms with Crippen molar-refractivity contribution in [3.8, 4) is 5.69 Å². The largest absolute Gasteiger partial charge is 0.444 e. The third kappa shape index (κ3) is 4.55. The van der Waals surface area contributed by atoms with E-state index in [2.05, 4.69) is 52.5 Å². The number of rotatable bonds is 5. The highest BCUT2D eigenvalue weighted by molar-refractivity contribution is 5.92. The number of piperazine rings is 1. The van der Waals surface area contributed by atoms with E-state index in [-0.39, 0.29) is 24.2 Å². The van der Waals surface area contributed by atoms with Crippen molar-refractivity contribution in [2.75, 3.05) is 23.3 Å². The Hall–Kier alpha value is -4.07. The molecule has 4 heterocycles. The third-order valence-corrected chi connectivity index (χ3v) is 7.36. The molecule has 2 aliphatic heterocycles. The van der Waals surface area contributed by atoms with Crippen LogP contribution in [0.1, 0.15) is 45.7 Å². The lowest BCUT2D eigenvalue weighted by atomic mass is 10.1. The summed E-state index contributed by atoms with van der Waals surface area (Å²) in [5.74, 6) is 1.76. The molecule has 4 aromatic rings. The second kappa shape index (κ2) is 9.35. The van der Waals surface area contributed by atoms with Crippen LogP contribution in [0.4, 0.5) is 16.4 Å². The zero-order chi connectivity index (χ0) is 26.4. The lowest BCUT2D eigenvalue weighted by Gasteiger charge is -2.35. The maximum Gasteiger partial charge on any atom is 0.410 e. The van der Waals surface area contributed by atoms with Crippen LogP contribution in [0, 0.1) is 0 Å². The molecule has 8 heteroatoms. The van der Waals surface area contributed by atoms with Crippen molar-refractivity contribution in [3.63, 3.8) is 0 Å². The molecule has 0 unspecified atom stereocenters. The van der Waals surface area contributed by atoms with Gasteiger partial charge in [-0.25, -0.2) is 14.5 Å². The second-order valence-electron chi connectivity index (χ2n) is 11.3. The van der Waals surface area contributed by atoms with Crippen LogP contribution in [0.15, 0.2) is 72.9 Å². The highest BCUT2D eigenvalue weighted by Crippen LogP contribution is 2.38. The third-order valence-electron chi connectivity index (χ3n) is 7.36. The van der Waals surface area contributed by atoms with Gasteiger partial charge in [-0.2, -0.15) is 0 Å². The monoisotopic (exact) mass is 510 g/mol. The molecule has 196 valence electrons. The Labute approximate surface area is 223 Å². The molecule has 1 amide bonds. The number of benzene rings is 2. The number of carbonyl (C=O) groups excluding carboxylic acids is 1. The first-order valence-corrected chi connectivity index (χ1v) is 13.3. The zero-order valence-corrected chi connectivity index (χ0v) is 22.3. The summed E-state index contributed by atoms with van der Waals surface area (Å²) in [7, 11) is 0. The summed E-state index contributed by atoms with van der Waals surface area (Å²) < 4.78 is 7.65. The summed E-state index contributed by atoms with van der Waals surface area (Å²) in [6, 6.07) is 23.2.